The van der Waals surface area contributed by atoms with E-state index in [-0.39, 0.29) is 0 Å². The molecule has 1 aromatic carbocycles. The Hall–Kier alpha value is -2.31. The van der Waals surface area contributed by atoms with Gasteiger partial charge in [0.15, 0.2) is 0 Å². The summed E-state index contributed by atoms with van der Waals surface area (Å²) >= 11 is 0. The van der Waals surface area contributed by atoms with Gasteiger partial charge in [-0.15, -0.1) is 0 Å². The number of nitrogens with two attached hydrogens (primary N) is 1. The Balaban J connectivity index is 2.26. The molecule has 0 saturated carbocycles. The summed E-state index contributed by atoms with van der Waals surface area (Å²) in [7, 11) is 0. The van der Waals surface area contributed by atoms with Crippen molar-refractivity contribution in [3.05, 3.63) is 59.4 Å². The molecule has 0 amide bonds. The fourth-order valence-electron chi connectivity index (χ4n) is 1.40. The standard InChI is InChI=1S/C14H12N2O/c1-11-4-2-6-13(16-11)9-8-12-5-3-7-14(10-12)17-15/h2-7,10H,15H2,1H3. The normalized spacial score (nSPS) is 9.29. The van der Waals surface area contributed by atoms with Crippen LogP contribution in [0.25, 0.3) is 0 Å². The molecule has 1 aromatic heterocycles. The van der Waals surface area contributed by atoms with Crippen LogP contribution in [0.5, 0.6) is 5.75 Å². The van der Waals surface area contributed by atoms with E-state index < -0.39 is 0 Å². The highest BCUT2D eigenvalue weighted by atomic mass is 16.6. The molecule has 0 unspecified atom stereocenters. The number of aromatic nitrogens is 1. The topological polar surface area (TPSA) is 48.1 Å². The zero-order chi connectivity index (χ0) is 12.1. The molecule has 0 bridgehead atoms. The number of aryl methyl sites for hydroxylation is 1. The van der Waals surface area contributed by atoms with Gasteiger partial charge in [-0.25, -0.2) is 4.98 Å². The van der Waals surface area contributed by atoms with Crippen LogP contribution < -0.4 is 10.7 Å². The summed E-state index contributed by atoms with van der Waals surface area (Å²) in [4.78, 5) is 8.94. The van der Waals surface area contributed by atoms with Gasteiger partial charge in [0.25, 0.3) is 0 Å². The van der Waals surface area contributed by atoms with E-state index in [1.54, 1.807) is 12.1 Å². The molecule has 2 N–H and O–H groups in total. The third-order valence-electron chi connectivity index (χ3n) is 2.19. The van der Waals surface area contributed by atoms with Gasteiger partial charge in [-0.2, -0.15) is 5.90 Å². The van der Waals surface area contributed by atoms with Gasteiger partial charge in [-0.3, -0.25) is 0 Å². The van der Waals surface area contributed by atoms with Crippen molar-refractivity contribution >= 4 is 0 Å². The average molecular weight is 224 g/mol. The zero-order valence-electron chi connectivity index (χ0n) is 9.47. The maximum atomic E-state index is 5.09. The maximum absolute atomic E-state index is 5.09. The third-order valence-corrected chi connectivity index (χ3v) is 2.19. The Bertz CT molecular complexity index is 582. The van der Waals surface area contributed by atoms with E-state index in [9.17, 15) is 0 Å². The molecule has 17 heavy (non-hydrogen) atoms. The average Bonchev–Trinajstić information content (AvgIpc) is 2.37. The number of benzene rings is 1. The Morgan fingerprint density at radius 1 is 1.12 bits per heavy atom. The number of nitrogens with zero attached hydrogens (tertiary/aromatic N) is 1. The van der Waals surface area contributed by atoms with Gasteiger partial charge in [0, 0.05) is 11.3 Å². The van der Waals surface area contributed by atoms with E-state index in [0.29, 0.717) is 5.75 Å². The van der Waals surface area contributed by atoms with Gasteiger partial charge < -0.3 is 4.84 Å². The summed E-state index contributed by atoms with van der Waals surface area (Å²) in [5.74, 6) is 11.7. The van der Waals surface area contributed by atoms with Gasteiger partial charge in [0.2, 0.25) is 0 Å². The lowest BCUT2D eigenvalue weighted by Crippen LogP contribution is -2.01. The van der Waals surface area contributed by atoms with E-state index in [1.165, 1.54) is 0 Å². The van der Waals surface area contributed by atoms with E-state index >= 15 is 0 Å². The summed E-state index contributed by atoms with van der Waals surface area (Å²) in [5, 5.41) is 0. The Morgan fingerprint density at radius 3 is 2.71 bits per heavy atom. The minimum Gasteiger partial charge on any atom is -0.411 e. The van der Waals surface area contributed by atoms with Gasteiger partial charge in [-0.05, 0) is 43.2 Å². The van der Waals surface area contributed by atoms with Crippen LogP contribution in [-0.2, 0) is 0 Å². The maximum Gasteiger partial charge on any atom is 0.148 e. The molecule has 0 aliphatic rings. The summed E-state index contributed by atoms with van der Waals surface area (Å²) < 4.78 is 0. The van der Waals surface area contributed by atoms with Crippen molar-refractivity contribution in [2.75, 3.05) is 0 Å². The van der Waals surface area contributed by atoms with Crippen molar-refractivity contribution in [3.63, 3.8) is 0 Å². The Labute approximate surface area is 100 Å². The lowest BCUT2D eigenvalue weighted by atomic mass is 10.2. The highest BCUT2D eigenvalue weighted by molar-refractivity contribution is 5.43. The molecular weight excluding hydrogens is 212 g/mol. The first kappa shape index (κ1) is 11.2. The molecule has 3 nitrogen and oxygen atoms in total. The van der Waals surface area contributed by atoms with Crippen LogP contribution in [0.15, 0.2) is 42.5 Å². The fourth-order valence-corrected chi connectivity index (χ4v) is 1.40. The number of rotatable bonds is 1. The van der Waals surface area contributed by atoms with Crippen molar-refractivity contribution in [3.8, 4) is 17.6 Å². The van der Waals surface area contributed by atoms with E-state index in [0.717, 1.165) is 17.0 Å². The Kier molecular flexibility index (Phi) is 3.39. The highest BCUT2D eigenvalue weighted by Crippen LogP contribution is 2.10. The Morgan fingerprint density at radius 2 is 1.94 bits per heavy atom. The lowest BCUT2D eigenvalue weighted by Gasteiger charge is -1.97. The first-order chi connectivity index (χ1) is 8.28. The van der Waals surface area contributed by atoms with Gasteiger partial charge >= 0.3 is 0 Å². The SMILES string of the molecule is Cc1cccc(C#Cc2cccc(ON)c2)n1. The monoisotopic (exact) mass is 224 g/mol. The van der Waals surface area contributed by atoms with Gasteiger partial charge in [0.05, 0.1) is 0 Å². The van der Waals surface area contributed by atoms with Crippen LogP contribution in [0.2, 0.25) is 0 Å². The molecule has 84 valence electrons. The van der Waals surface area contributed by atoms with E-state index in [1.807, 2.05) is 37.3 Å². The minimum absolute atomic E-state index is 0.592. The smallest absolute Gasteiger partial charge is 0.148 e. The molecule has 0 saturated heterocycles. The van der Waals surface area contributed by atoms with Crippen LogP contribution in [0, 0.1) is 18.8 Å². The number of pyridine rings is 1. The van der Waals surface area contributed by atoms with Crippen molar-refractivity contribution in [2.45, 2.75) is 6.92 Å². The predicted octanol–water partition coefficient (Wildman–Crippen LogP) is 2.04. The number of hydrogen-bond acceptors (Lipinski definition) is 3. The second-order valence-corrected chi connectivity index (χ2v) is 3.56. The molecule has 0 aliphatic carbocycles. The van der Waals surface area contributed by atoms with Crippen molar-refractivity contribution in [1.29, 1.82) is 0 Å². The predicted molar refractivity (Wildman–Crippen MR) is 66.2 cm³/mol. The first-order valence-corrected chi connectivity index (χ1v) is 5.20. The van der Waals surface area contributed by atoms with Crippen molar-refractivity contribution in [1.82, 2.24) is 4.98 Å². The van der Waals surface area contributed by atoms with Crippen LogP contribution in [0.4, 0.5) is 0 Å². The largest absolute Gasteiger partial charge is 0.411 e. The quantitative estimate of drug-likeness (QED) is 0.595. The summed E-state index contributed by atoms with van der Waals surface area (Å²) in [5.41, 5.74) is 2.55. The summed E-state index contributed by atoms with van der Waals surface area (Å²) in [6, 6.07) is 13.0. The fraction of sp³-hybridized carbons (Fsp3) is 0.0714. The van der Waals surface area contributed by atoms with Crippen LogP contribution >= 0.6 is 0 Å². The van der Waals surface area contributed by atoms with Gasteiger partial charge in [0.1, 0.15) is 11.4 Å². The van der Waals surface area contributed by atoms with Gasteiger partial charge in [-0.1, -0.05) is 18.1 Å². The lowest BCUT2D eigenvalue weighted by molar-refractivity contribution is 0.334. The van der Waals surface area contributed by atoms with Crippen molar-refractivity contribution < 1.29 is 4.84 Å². The molecule has 0 fully saturated rings. The molecule has 0 aliphatic heterocycles. The second kappa shape index (κ2) is 5.15. The summed E-state index contributed by atoms with van der Waals surface area (Å²) in [6.45, 7) is 1.94. The molecule has 3 heteroatoms. The summed E-state index contributed by atoms with van der Waals surface area (Å²) in [6.07, 6.45) is 0. The highest BCUT2D eigenvalue weighted by Gasteiger charge is 1.93. The number of hydrogen-bond donors (Lipinski definition) is 1. The van der Waals surface area contributed by atoms with Crippen LogP contribution in [0.1, 0.15) is 17.0 Å². The third kappa shape index (κ3) is 3.07. The molecule has 1 heterocycles. The van der Waals surface area contributed by atoms with E-state index in [2.05, 4.69) is 21.7 Å². The minimum atomic E-state index is 0.592. The van der Waals surface area contributed by atoms with E-state index in [4.69, 9.17) is 5.90 Å². The first-order valence-electron chi connectivity index (χ1n) is 5.20. The van der Waals surface area contributed by atoms with Crippen LogP contribution in [-0.4, -0.2) is 4.98 Å². The van der Waals surface area contributed by atoms with Crippen LogP contribution in [0.3, 0.4) is 0 Å². The molecule has 0 atom stereocenters. The molecule has 0 radical (unpaired) electrons. The molecule has 0 spiro atoms. The second-order valence-electron chi connectivity index (χ2n) is 3.56. The van der Waals surface area contributed by atoms with Crippen molar-refractivity contribution in [2.24, 2.45) is 5.90 Å². The molecule has 2 rings (SSSR count). The zero-order valence-corrected chi connectivity index (χ0v) is 9.47. The molecular formula is C14H12N2O. The molecule has 2 aromatic rings.